The second kappa shape index (κ2) is 11.5. The van der Waals surface area contributed by atoms with Gasteiger partial charge in [0.05, 0.1) is 10.2 Å². The lowest BCUT2D eigenvalue weighted by Gasteiger charge is -2.33. The third-order valence-corrected chi connectivity index (χ3v) is 8.95. The second-order valence-electron chi connectivity index (χ2n) is 15.3. The van der Waals surface area contributed by atoms with Crippen LogP contribution >= 0.6 is 23.5 Å². The van der Waals surface area contributed by atoms with Gasteiger partial charge in [0.2, 0.25) is 0 Å². The van der Waals surface area contributed by atoms with E-state index in [0.29, 0.717) is 5.75 Å². The van der Waals surface area contributed by atoms with Crippen molar-refractivity contribution in [1.29, 1.82) is 0 Å². The Morgan fingerprint density at radius 3 is 1.23 bits per heavy atom. The van der Waals surface area contributed by atoms with E-state index in [9.17, 15) is 10.2 Å². The van der Waals surface area contributed by atoms with Crippen molar-refractivity contribution in [2.24, 2.45) is 0 Å². The number of hydrogen-bond acceptors (Lipinski definition) is 5. The van der Waals surface area contributed by atoms with Crippen molar-refractivity contribution in [2.75, 3.05) is 6.61 Å². The van der Waals surface area contributed by atoms with Gasteiger partial charge in [-0.3, -0.25) is 0 Å². The number of rotatable bonds is 7. The van der Waals surface area contributed by atoms with Gasteiger partial charge in [-0.25, -0.2) is 0 Å². The van der Waals surface area contributed by atoms with Gasteiger partial charge in [-0.1, -0.05) is 83.1 Å². The van der Waals surface area contributed by atoms with Gasteiger partial charge >= 0.3 is 0 Å². The molecular weight excluding hydrogens is 521 g/mol. The summed E-state index contributed by atoms with van der Waals surface area (Å²) in [6.07, 6.45) is -0.781. The summed E-state index contributed by atoms with van der Waals surface area (Å²) in [7, 11) is 0. The van der Waals surface area contributed by atoms with Crippen LogP contribution in [0.15, 0.2) is 34.1 Å². The number of aliphatic hydroxyl groups is 1. The maximum Gasteiger partial charge on any atom is 0.126 e. The molecule has 0 fully saturated rings. The van der Waals surface area contributed by atoms with Crippen LogP contribution in [0.5, 0.6) is 11.5 Å². The highest BCUT2D eigenvalue weighted by atomic mass is 32.2. The molecule has 1 unspecified atom stereocenters. The molecular formula is C34H53O3S2. The number of aliphatic hydroxyl groups excluding tert-OH is 1. The average molecular weight is 574 g/mol. The summed E-state index contributed by atoms with van der Waals surface area (Å²) in [5.41, 5.74) is 3.61. The molecule has 0 bridgehead atoms. The first-order valence-electron chi connectivity index (χ1n) is 13.9. The Morgan fingerprint density at radius 2 is 0.949 bits per heavy atom. The molecule has 0 aromatic heterocycles. The largest absolute Gasteiger partial charge is 0.507 e. The van der Waals surface area contributed by atoms with Crippen LogP contribution in [0.1, 0.15) is 119 Å². The molecule has 0 saturated heterocycles. The van der Waals surface area contributed by atoms with Crippen LogP contribution in [0, 0.1) is 6.92 Å². The quantitative estimate of drug-likeness (QED) is 0.255. The van der Waals surface area contributed by atoms with Gasteiger partial charge in [0.15, 0.2) is 0 Å². The number of aromatic hydroxyl groups is 1. The van der Waals surface area contributed by atoms with Crippen molar-refractivity contribution in [3.63, 3.8) is 0 Å². The van der Waals surface area contributed by atoms with E-state index in [1.807, 2.05) is 23.5 Å². The minimum absolute atomic E-state index is 0.143. The summed E-state index contributed by atoms with van der Waals surface area (Å²) >= 11 is 3.68. The molecule has 2 rings (SSSR count). The molecule has 219 valence electrons. The minimum atomic E-state index is -0.781. The monoisotopic (exact) mass is 573 g/mol. The zero-order chi connectivity index (χ0) is 30.4. The average Bonchev–Trinajstić information content (AvgIpc) is 2.69. The Labute approximate surface area is 247 Å². The number of phenols is 1. The zero-order valence-electron chi connectivity index (χ0n) is 26.9. The fraction of sp³-hybridized carbons (Fsp3) is 0.618. The van der Waals surface area contributed by atoms with E-state index in [0.717, 1.165) is 32.9 Å². The van der Waals surface area contributed by atoms with Gasteiger partial charge in [0.1, 0.15) is 18.1 Å². The minimum Gasteiger partial charge on any atom is -0.507 e. The molecule has 2 aromatic rings. The molecule has 1 atom stereocenters. The van der Waals surface area contributed by atoms with Crippen LogP contribution in [-0.4, -0.2) is 27.0 Å². The van der Waals surface area contributed by atoms with E-state index in [1.165, 1.54) is 4.90 Å². The van der Waals surface area contributed by atoms with Crippen molar-refractivity contribution in [3.05, 3.63) is 53.4 Å². The molecule has 0 spiro atoms. The Balaban J connectivity index is 2.61. The van der Waals surface area contributed by atoms with Gasteiger partial charge in [-0.05, 0) is 66.7 Å². The molecule has 0 aliphatic rings. The fourth-order valence-electron chi connectivity index (χ4n) is 4.51. The van der Waals surface area contributed by atoms with E-state index in [-0.39, 0.29) is 32.3 Å². The van der Waals surface area contributed by atoms with Gasteiger partial charge in [-0.2, -0.15) is 0 Å². The topological polar surface area (TPSA) is 49.7 Å². The zero-order valence-corrected chi connectivity index (χ0v) is 28.6. The second-order valence-corrected chi connectivity index (χ2v) is 18.9. The fourth-order valence-corrected chi connectivity index (χ4v) is 7.10. The summed E-state index contributed by atoms with van der Waals surface area (Å²) in [4.78, 5) is 2.35. The van der Waals surface area contributed by atoms with Crippen LogP contribution in [0.25, 0.3) is 0 Å². The van der Waals surface area contributed by atoms with Gasteiger partial charge in [-0.15, -0.1) is 23.5 Å². The molecule has 0 amide bonds. The first-order valence-corrected chi connectivity index (χ1v) is 15.5. The van der Waals surface area contributed by atoms with Crippen molar-refractivity contribution >= 4 is 23.5 Å². The number of hydrogen-bond donors (Lipinski definition) is 2. The third-order valence-electron chi connectivity index (χ3n) is 6.53. The summed E-state index contributed by atoms with van der Waals surface area (Å²) in [6, 6.07) is 8.84. The van der Waals surface area contributed by atoms with Crippen LogP contribution in [0.3, 0.4) is 0 Å². The van der Waals surface area contributed by atoms with Crippen molar-refractivity contribution in [2.45, 2.75) is 139 Å². The van der Waals surface area contributed by atoms with Crippen molar-refractivity contribution in [1.82, 2.24) is 0 Å². The molecule has 0 aliphatic heterocycles. The number of benzene rings is 2. The molecule has 0 saturated carbocycles. The maximum atomic E-state index is 11.2. The summed E-state index contributed by atoms with van der Waals surface area (Å²) in [5.74, 6) is 1.27. The molecule has 3 nitrogen and oxygen atoms in total. The molecule has 5 heteroatoms. The number of thioether (sulfide) groups is 2. The first-order chi connectivity index (χ1) is 17.3. The van der Waals surface area contributed by atoms with E-state index >= 15 is 0 Å². The Hall–Kier alpha value is -1.30. The van der Waals surface area contributed by atoms with E-state index in [1.54, 1.807) is 0 Å². The van der Waals surface area contributed by atoms with Gasteiger partial charge in [0, 0.05) is 32.0 Å². The lowest BCUT2D eigenvalue weighted by molar-refractivity contribution is 0.139. The highest BCUT2D eigenvalue weighted by Gasteiger charge is 2.32. The first kappa shape index (κ1) is 33.9. The Kier molecular flexibility index (Phi) is 10.0. The van der Waals surface area contributed by atoms with Crippen molar-refractivity contribution < 1.29 is 14.9 Å². The highest BCUT2D eigenvalue weighted by Crippen LogP contribution is 2.51. The van der Waals surface area contributed by atoms with Gasteiger partial charge in [0.25, 0.3) is 0 Å². The predicted octanol–water partition coefficient (Wildman–Crippen LogP) is 9.78. The van der Waals surface area contributed by atoms with E-state index in [4.69, 9.17) is 4.74 Å². The lowest BCUT2D eigenvalue weighted by Crippen LogP contribution is -2.23. The smallest absolute Gasteiger partial charge is 0.126 e. The highest BCUT2D eigenvalue weighted by molar-refractivity contribution is 8.18. The van der Waals surface area contributed by atoms with Crippen LogP contribution in [0.4, 0.5) is 0 Å². The maximum absolute atomic E-state index is 11.2. The summed E-state index contributed by atoms with van der Waals surface area (Å²) in [5, 5.41) is 21.0. The number of phenolic OH excluding ortho intramolecular Hbond substituents is 1. The molecule has 0 aliphatic carbocycles. The standard InChI is InChI=1S/C34H53O3S2/c1-21(35)20-37-29-26(32(8,9)10)18-23(19-27(29)33(11,12)13)39-34(14,15)38-22-16-24(30(2,3)4)28(36)25(17-22)31(5,6)7/h16-19,21,35-36H,1,20H2,2-15H3. The molecule has 0 heterocycles. The van der Waals surface area contributed by atoms with Crippen LogP contribution in [-0.2, 0) is 21.7 Å². The molecule has 39 heavy (non-hydrogen) atoms. The summed E-state index contributed by atoms with van der Waals surface area (Å²) < 4.78 is 6.03. The Bertz CT molecular complexity index is 1080. The van der Waals surface area contributed by atoms with Crippen LogP contribution in [0.2, 0.25) is 0 Å². The van der Waals surface area contributed by atoms with Crippen LogP contribution < -0.4 is 4.74 Å². The SMILES string of the molecule is [CH2]C(O)COc1c(C(C)(C)C)cc(SC(C)(C)Sc2cc(C(C)(C)C)c(O)c(C(C)(C)C)c2)cc1C(C)(C)C. The number of ether oxygens (including phenoxy) is 1. The Morgan fingerprint density at radius 1 is 0.641 bits per heavy atom. The molecule has 2 N–H and O–H groups in total. The summed E-state index contributed by atoms with van der Waals surface area (Å²) in [6.45, 7) is 34.5. The normalized spacial score (nSPS) is 14.5. The van der Waals surface area contributed by atoms with E-state index < -0.39 is 6.10 Å². The predicted molar refractivity (Wildman–Crippen MR) is 172 cm³/mol. The van der Waals surface area contributed by atoms with E-state index in [2.05, 4.69) is 128 Å². The van der Waals surface area contributed by atoms with Gasteiger partial charge < -0.3 is 14.9 Å². The van der Waals surface area contributed by atoms with Crippen molar-refractivity contribution in [3.8, 4) is 11.5 Å². The lowest BCUT2D eigenvalue weighted by atomic mass is 9.79. The third kappa shape index (κ3) is 9.10. The molecule has 2 aromatic carbocycles. The molecule has 1 radical (unpaired) electrons.